The molecule has 0 radical (unpaired) electrons. The zero-order chi connectivity index (χ0) is 51.8. The van der Waals surface area contributed by atoms with E-state index in [-0.39, 0.29) is 22.5 Å². The van der Waals surface area contributed by atoms with Crippen molar-refractivity contribution in [3.8, 4) is 6.07 Å². The minimum absolute atomic E-state index is 0.0114. The van der Waals surface area contributed by atoms with Crippen LogP contribution in [0.4, 0.5) is 21.2 Å². The number of carbonyl (C=O) groups excluding carboxylic acids is 3. The molecule has 0 unspecified atom stereocenters. The third-order valence-corrected chi connectivity index (χ3v) is 13.8. The number of ether oxygens (including phenoxy) is 2. The molecule has 0 aliphatic carbocycles. The quantitative estimate of drug-likeness (QED) is 0.167. The molecular weight excluding hydrogens is 913 g/mol. The van der Waals surface area contributed by atoms with Gasteiger partial charge in [-0.15, -0.1) is 0 Å². The van der Waals surface area contributed by atoms with E-state index in [9.17, 15) is 24.9 Å². The lowest BCUT2D eigenvalue weighted by Gasteiger charge is -2.36. The van der Waals surface area contributed by atoms with Crippen LogP contribution in [0.3, 0.4) is 0 Å². The van der Waals surface area contributed by atoms with Crippen molar-refractivity contribution in [2.75, 3.05) is 102 Å². The van der Waals surface area contributed by atoms with Crippen LogP contribution in [-0.2, 0) is 22.3 Å². The highest BCUT2D eigenvalue weighted by Gasteiger charge is 2.31. The van der Waals surface area contributed by atoms with Gasteiger partial charge >= 0.3 is 12.2 Å². The Hall–Kier alpha value is -6.42. The highest BCUT2D eigenvalue weighted by atomic mass is 16.6. The maximum atomic E-state index is 12.3. The zero-order valence-electron chi connectivity index (χ0n) is 43.6. The van der Waals surface area contributed by atoms with Crippen molar-refractivity contribution in [3.63, 3.8) is 0 Å². The number of benzene rings is 2. The molecule has 0 saturated carbocycles. The molecule has 4 fully saturated rings. The molecule has 18 heteroatoms. The molecule has 2 aromatic heterocycles. The van der Waals surface area contributed by atoms with E-state index in [0.29, 0.717) is 94.2 Å². The van der Waals surface area contributed by atoms with Crippen molar-refractivity contribution in [1.29, 1.82) is 5.26 Å². The van der Waals surface area contributed by atoms with Crippen LogP contribution in [0.15, 0.2) is 60.9 Å². The average molecular weight is 988 g/mol. The van der Waals surface area contributed by atoms with Crippen molar-refractivity contribution in [1.82, 2.24) is 34.6 Å². The summed E-state index contributed by atoms with van der Waals surface area (Å²) < 4.78 is 11.0. The summed E-state index contributed by atoms with van der Waals surface area (Å²) in [6.45, 7) is 20.4. The number of piperazine rings is 2. The molecule has 4 saturated heterocycles. The van der Waals surface area contributed by atoms with Gasteiger partial charge < -0.3 is 39.7 Å². The lowest BCUT2D eigenvalue weighted by Crippen LogP contribution is -2.55. The second kappa shape index (κ2) is 23.0. The first kappa shape index (κ1) is 53.4. The van der Waals surface area contributed by atoms with E-state index in [1.807, 2.05) is 46.4 Å². The third kappa shape index (κ3) is 14.8. The van der Waals surface area contributed by atoms with Gasteiger partial charge in [0, 0.05) is 65.2 Å². The SMILES string of the molecule is CC(C)(C)OC(=O)N1CCC(c2ccc(Cc3nc(N4CC[N+](C)(O)CC4)cnc3C(N)=O)cc2)CC1.CN1CCN(c2cnc(C#N)c(Cc3ccc(C4CCN(C(=O)OC(C)(C)C)CC4)cc3)n2)CC1. The summed E-state index contributed by atoms with van der Waals surface area (Å²) in [5.41, 5.74) is 11.1. The molecule has 4 aliphatic heterocycles. The van der Waals surface area contributed by atoms with E-state index in [1.54, 1.807) is 24.3 Å². The molecule has 72 heavy (non-hydrogen) atoms. The Balaban J connectivity index is 0.000000212. The van der Waals surface area contributed by atoms with Crippen LogP contribution in [-0.4, -0.2) is 166 Å². The number of rotatable bonds is 9. The highest BCUT2D eigenvalue weighted by molar-refractivity contribution is 5.92. The second-order valence-corrected chi connectivity index (χ2v) is 21.9. The fourth-order valence-electron chi connectivity index (χ4n) is 9.49. The number of nitrogens with two attached hydrogens (primary N) is 1. The number of nitriles is 1. The minimum Gasteiger partial charge on any atom is -0.444 e. The van der Waals surface area contributed by atoms with Gasteiger partial charge in [0.2, 0.25) is 0 Å². The molecule has 0 bridgehead atoms. The molecule has 0 spiro atoms. The molecule has 6 heterocycles. The van der Waals surface area contributed by atoms with Gasteiger partial charge in [-0.2, -0.15) is 9.91 Å². The van der Waals surface area contributed by atoms with E-state index >= 15 is 0 Å². The van der Waals surface area contributed by atoms with Crippen molar-refractivity contribution >= 4 is 29.7 Å². The third-order valence-electron chi connectivity index (χ3n) is 13.8. The molecule has 8 rings (SSSR count). The smallest absolute Gasteiger partial charge is 0.410 e. The molecule has 0 atom stereocenters. The summed E-state index contributed by atoms with van der Waals surface area (Å²) >= 11 is 0. The van der Waals surface area contributed by atoms with Gasteiger partial charge in [-0.05, 0) is 108 Å². The number of carbonyl (C=O) groups is 3. The number of nitrogens with zero attached hydrogens (tertiary/aromatic N) is 11. The van der Waals surface area contributed by atoms with Crippen LogP contribution >= 0.6 is 0 Å². The molecule has 3 amide bonds. The van der Waals surface area contributed by atoms with Crippen molar-refractivity contribution in [2.45, 2.75) is 103 Å². The maximum Gasteiger partial charge on any atom is 0.410 e. The van der Waals surface area contributed by atoms with E-state index < -0.39 is 17.1 Å². The van der Waals surface area contributed by atoms with Gasteiger partial charge in [-0.1, -0.05) is 48.5 Å². The number of quaternary nitrogens is 1. The molecule has 18 nitrogen and oxygen atoms in total. The normalized spacial score (nSPS) is 18.2. The van der Waals surface area contributed by atoms with Gasteiger partial charge in [0.15, 0.2) is 5.69 Å². The first-order chi connectivity index (χ1) is 34.1. The van der Waals surface area contributed by atoms with Crippen LogP contribution in [0.25, 0.3) is 0 Å². The van der Waals surface area contributed by atoms with Gasteiger partial charge in [-0.3, -0.25) is 4.79 Å². The number of hydrogen-bond acceptors (Lipinski definition) is 14. The van der Waals surface area contributed by atoms with Crippen molar-refractivity contribution in [2.24, 2.45) is 5.73 Å². The Morgan fingerprint density at radius 3 is 1.51 bits per heavy atom. The number of aromatic nitrogens is 4. The van der Waals surface area contributed by atoms with E-state index in [0.717, 1.165) is 74.5 Å². The van der Waals surface area contributed by atoms with Gasteiger partial charge in [0.1, 0.15) is 47.7 Å². The Kier molecular flexibility index (Phi) is 17.0. The summed E-state index contributed by atoms with van der Waals surface area (Å²) in [6, 6.07) is 19.2. The molecule has 386 valence electrons. The van der Waals surface area contributed by atoms with E-state index in [2.05, 4.69) is 86.3 Å². The number of likely N-dealkylation sites (tertiary alicyclic amines) is 2. The number of hydrogen-bond donors (Lipinski definition) is 2. The van der Waals surface area contributed by atoms with Crippen LogP contribution in [0, 0.1) is 11.3 Å². The highest BCUT2D eigenvalue weighted by Crippen LogP contribution is 2.31. The Bertz CT molecular complexity index is 2520. The fraction of sp³-hybridized carbons (Fsp3) is 0.556. The van der Waals surface area contributed by atoms with Gasteiger partial charge in [0.25, 0.3) is 5.91 Å². The van der Waals surface area contributed by atoms with E-state index in [4.69, 9.17) is 25.2 Å². The standard InChI is InChI=1S/C27H38N6O4.C27H36N6O2/c1-27(2,3)37-26(35)32-11-9-21(10-12-32)20-7-5-19(6-8-20)17-22-24(25(28)34)29-18-23(30-22)31-13-15-33(4,36)16-14-31;1-27(2,3)35-26(34)33-11-9-22(10-12-33)21-7-5-20(6-8-21)17-23-24(18-28)29-19-25(30-23)32-15-13-31(4)14-16-32/h5-8,18,21,36H,9-17H2,1-4H3,(H-,28,34);5-8,19,22H,9-17H2,1-4H3/p+1. The topological polar surface area (TPSA) is 207 Å². The van der Waals surface area contributed by atoms with Crippen LogP contribution in [0.5, 0.6) is 0 Å². The summed E-state index contributed by atoms with van der Waals surface area (Å²) in [5, 5.41) is 19.8. The van der Waals surface area contributed by atoms with Gasteiger partial charge in [0.05, 0.1) is 43.9 Å². The van der Waals surface area contributed by atoms with Crippen LogP contribution in [0.1, 0.15) is 129 Å². The Morgan fingerprint density at radius 2 is 1.08 bits per heavy atom. The minimum atomic E-state index is -0.597. The zero-order valence-corrected chi connectivity index (χ0v) is 43.6. The number of hydroxylamine groups is 3. The van der Waals surface area contributed by atoms with Gasteiger partial charge in [-0.25, -0.2) is 34.7 Å². The molecule has 4 aromatic rings. The number of amides is 3. The fourth-order valence-corrected chi connectivity index (χ4v) is 9.49. The number of likely N-dealkylation sites (N-methyl/N-ethyl adjacent to an activating group) is 2. The predicted molar refractivity (Wildman–Crippen MR) is 275 cm³/mol. The number of piperidine rings is 2. The molecular formula is C54H75N12O6+. The van der Waals surface area contributed by atoms with Crippen LogP contribution in [0.2, 0.25) is 0 Å². The number of anilines is 2. The second-order valence-electron chi connectivity index (χ2n) is 21.9. The summed E-state index contributed by atoms with van der Waals surface area (Å²) in [4.78, 5) is 65.2. The van der Waals surface area contributed by atoms with Crippen molar-refractivity contribution < 1.29 is 33.7 Å². The molecule has 2 aromatic carbocycles. The first-order valence-corrected chi connectivity index (χ1v) is 25.4. The monoisotopic (exact) mass is 988 g/mol. The van der Waals surface area contributed by atoms with Crippen molar-refractivity contribution in [3.05, 3.63) is 106 Å². The lowest BCUT2D eigenvalue weighted by molar-refractivity contribution is -1.09. The number of primary amides is 1. The summed E-state index contributed by atoms with van der Waals surface area (Å²) in [6.07, 6.45) is 7.49. The average Bonchev–Trinajstić information content (AvgIpc) is 3.34. The predicted octanol–water partition coefficient (Wildman–Crippen LogP) is 6.74. The molecule has 3 N–H and O–H groups in total. The Labute approximate surface area is 425 Å². The lowest BCUT2D eigenvalue weighted by atomic mass is 9.89. The summed E-state index contributed by atoms with van der Waals surface area (Å²) in [7, 11) is 3.92. The maximum absolute atomic E-state index is 12.3. The molecule has 4 aliphatic rings. The largest absolute Gasteiger partial charge is 0.444 e. The van der Waals surface area contributed by atoms with Crippen LogP contribution < -0.4 is 15.5 Å². The Morgan fingerprint density at radius 1 is 0.667 bits per heavy atom. The van der Waals surface area contributed by atoms with E-state index in [1.165, 1.54) is 11.1 Å². The summed E-state index contributed by atoms with van der Waals surface area (Å²) in [5.74, 6) is 1.75. The first-order valence-electron chi connectivity index (χ1n) is 25.4.